The highest BCUT2D eigenvalue weighted by Gasteiger charge is 2.21. The normalized spacial score (nSPS) is 10.6. The van der Waals surface area contributed by atoms with Crippen LogP contribution in [0.25, 0.3) is 0 Å². The van der Waals surface area contributed by atoms with E-state index in [9.17, 15) is 4.79 Å². The Morgan fingerprint density at radius 3 is 2.38 bits per heavy atom. The van der Waals surface area contributed by atoms with Crippen molar-refractivity contribution >= 4 is 6.09 Å². The molecule has 0 bridgehead atoms. The lowest BCUT2D eigenvalue weighted by Crippen LogP contribution is -2.37. The molecule has 0 unspecified atom stereocenters. The molecular formula is C17H23NO3. The highest BCUT2D eigenvalue weighted by Crippen LogP contribution is 2.16. The van der Waals surface area contributed by atoms with E-state index in [0.29, 0.717) is 19.5 Å². The van der Waals surface area contributed by atoms with Crippen molar-refractivity contribution in [1.82, 2.24) is 4.90 Å². The molecule has 1 aromatic rings. The Hall–Kier alpha value is -2.15. The number of benzene rings is 1. The molecule has 0 heterocycles. The SMILES string of the molecule is C#CCCN(Cc1ccc(OC)cc1)C(=O)OC(C)(C)C. The molecule has 0 aromatic heterocycles. The molecule has 0 spiro atoms. The summed E-state index contributed by atoms with van der Waals surface area (Å²) >= 11 is 0. The van der Waals surface area contributed by atoms with E-state index in [1.165, 1.54) is 0 Å². The summed E-state index contributed by atoms with van der Waals surface area (Å²) in [5.74, 6) is 3.33. The number of methoxy groups -OCH3 is 1. The molecule has 0 aliphatic rings. The van der Waals surface area contributed by atoms with Crippen molar-refractivity contribution in [3.05, 3.63) is 29.8 Å². The maximum Gasteiger partial charge on any atom is 0.410 e. The van der Waals surface area contributed by atoms with Crippen LogP contribution < -0.4 is 4.74 Å². The van der Waals surface area contributed by atoms with Crippen LogP contribution in [0.2, 0.25) is 0 Å². The van der Waals surface area contributed by atoms with Crippen molar-refractivity contribution in [3.63, 3.8) is 0 Å². The van der Waals surface area contributed by atoms with Gasteiger partial charge in [-0.1, -0.05) is 12.1 Å². The van der Waals surface area contributed by atoms with E-state index in [2.05, 4.69) is 5.92 Å². The van der Waals surface area contributed by atoms with E-state index in [1.54, 1.807) is 12.0 Å². The lowest BCUT2D eigenvalue weighted by molar-refractivity contribution is 0.0238. The fourth-order valence-electron chi connectivity index (χ4n) is 1.71. The second kappa shape index (κ2) is 7.58. The zero-order chi connectivity index (χ0) is 15.9. The number of hydrogen-bond donors (Lipinski definition) is 0. The first-order valence-corrected chi connectivity index (χ1v) is 6.90. The first-order valence-electron chi connectivity index (χ1n) is 6.90. The highest BCUT2D eigenvalue weighted by molar-refractivity contribution is 5.68. The van der Waals surface area contributed by atoms with Gasteiger partial charge in [-0.3, -0.25) is 0 Å². The first kappa shape index (κ1) is 16.9. The van der Waals surface area contributed by atoms with Gasteiger partial charge in [0.05, 0.1) is 7.11 Å². The molecule has 0 saturated carbocycles. The number of rotatable bonds is 5. The van der Waals surface area contributed by atoms with Gasteiger partial charge in [0.15, 0.2) is 0 Å². The molecule has 1 amide bonds. The standard InChI is InChI=1S/C17H23NO3/c1-6-7-12-18(16(19)21-17(2,3)4)13-14-8-10-15(20-5)11-9-14/h1,8-11H,7,12-13H2,2-5H3. The highest BCUT2D eigenvalue weighted by atomic mass is 16.6. The van der Waals surface area contributed by atoms with Crippen molar-refractivity contribution in [2.45, 2.75) is 39.3 Å². The first-order chi connectivity index (χ1) is 9.85. The largest absolute Gasteiger partial charge is 0.497 e. The van der Waals surface area contributed by atoms with Crippen LogP contribution in [0.15, 0.2) is 24.3 Å². The molecule has 114 valence electrons. The van der Waals surface area contributed by atoms with Gasteiger partial charge in [-0.15, -0.1) is 12.3 Å². The second-order valence-corrected chi connectivity index (χ2v) is 5.70. The molecule has 0 radical (unpaired) electrons. The van der Waals surface area contributed by atoms with Crippen LogP contribution in [0.5, 0.6) is 5.75 Å². The lowest BCUT2D eigenvalue weighted by atomic mass is 10.2. The minimum atomic E-state index is -0.522. The van der Waals surface area contributed by atoms with Crippen LogP contribution in [-0.4, -0.2) is 30.2 Å². The van der Waals surface area contributed by atoms with Crippen LogP contribution in [-0.2, 0) is 11.3 Å². The maximum atomic E-state index is 12.2. The minimum Gasteiger partial charge on any atom is -0.497 e. The molecular weight excluding hydrogens is 266 g/mol. The predicted octanol–water partition coefficient (Wildman–Crippen LogP) is 3.46. The number of nitrogens with zero attached hydrogens (tertiary/aromatic N) is 1. The number of amides is 1. The van der Waals surface area contributed by atoms with Gasteiger partial charge in [0, 0.05) is 19.5 Å². The number of carbonyl (C=O) groups excluding carboxylic acids is 1. The third-order valence-corrected chi connectivity index (χ3v) is 2.71. The van der Waals surface area contributed by atoms with E-state index in [4.69, 9.17) is 15.9 Å². The van der Waals surface area contributed by atoms with Crippen molar-refractivity contribution < 1.29 is 14.3 Å². The molecule has 21 heavy (non-hydrogen) atoms. The number of terminal acetylenes is 1. The Labute approximate surface area is 127 Å². The van der Waals surface area contributed by atoms with Gasteiger partial charge >= 0.3 is 6.09 Å². The number of ether oxygens (including phenoxy) is 2. The zero-order valence-electron chi connectivity index (χ0n) is 13.2. The van der Waals surface area contributed by atoms with Gasteiger partial charge in [-0.25, -0.2) is 4.79 Å². The fraction of sp³-hybridized carbons (Fsp3) is 0.471. The Bertz CT molecular complexity index is 494. The Morgan fingerprint density at radius 2 is 1.90 bits per heavy atom. The average molecular weight is 289 g/mol. The van der Waals surface area contributed by atoms with Gasteiger partial charge in [0.1, 0.15) is 11.4 Å². The monoisotopic (exact) mass is 289 g/mol. The topological polar surface area (TPSA) is 38.8 Å². The summed E-state index contributed by atoms with van der Waals surface area (Å²) in [6.45, 7) is 6.46. The van der Waals surface area contributed by atoms with Crippen LogP contribution >= 0.6 is 0 Å². The Kier molecular flexibility index (Phi) is 6.10. The summed E-state index contributed by atoms with van der Waals surface area (Å²) in [5.41, 5.74) is 0.476. The predicted molar refractivity (Wildman–Crippen MR) is 83.1 cm³/mol. The molecule has 4 nitrogen and oxygen atoms in total. The molecule has 1 rings (SSSR count). The van der Waals surface area contributed by atoms with Gasteiger partial charge in [0.25, 0.3) is 0 Å². The smallest absolute Gasteiger partial charge is 0.410 e. The second-order valence-electron chi connectivity index (χ2n) is 5.70. The molecule has 0 aliphatic carbocycles. The van der Waals surface area contributed by atoms with E-state index < -0.39 is 5.60 Å². The van der Waals surface area contributed by atoms with Crippen LogP contribution in [0.1, 0.15) is 32.8 Å². The van der Waals surface area contributed by atoms with E-state index >= 15 is 0 Å². The molecule has 0 atom stereocenters. The lowest BCUT2D eigenvalue weighted by Gasteiger charge is -2.27. The van der Waals surface area contributed by atoms with E-state index in [1.807, 2.05) is 45.0 Å². The summed E-state index contributed by atoms with van der Waals surface area (Å²) in [6.07, 6.45) is 5.43. The summed E-state index contributed by atoms with van der Waals surface area (Å²) in [6, 6.07) is 7.58. The van der Waals surface area contributed by atoms with Gasteiger partial charge in [0.2, 0.25) is 0 Å². The Balaban J connectivity index is 2.77. The summed E-state index contributed by atoms with van der Waals surface area (Å²) in [7, 11) is 1.62. The van der Waals surface area contributed by atoms with Crippen LogP contribution in [0, 0.1) is 12.3 Å². The van der Waals surface area contributed by atoms with Crippen LogP contribution in [0.4, 0.5) is 4.79 Å². The summed E-state index contributed by atoms with van der Waals surface area (Å²) in [4.78, 5) is 13.8. The van der Waals surface area contributed by atoms with Crippen molar-refractivity contribution in [3.8, 4) is 18.1 Å². The molecule has 0 aliphatic heterocycles. The van der Waals surface area contributed by atoms with Crippen molar-refractivity contribution in [2.75, 3.05) is 13.7 Å². The average Bonchev–Trinajstić information content (AvgIpc) is 2.42. The molecule has 0 fully saturated rings. The third kappa shape index (κ3) is 6.22. The zero-order valence-corrected chi connectivity index (χ0v) is 13.2. The Morgan fingerprint density at radius 1 is 1.29 bits per heavy atom. The van der Waals surface area contributed by atoms with Gasteiger partial charge < -0.3 is 14.4 Å². The third-order valence-electron chi connectivity index (χ3n) is 2.71. The summed E-state index contributed by atoms with van der Waals surface area (Å²) < 4.78 is 10.5. The summed E-state index contributed by atoms with van der Waals surface area (Å²) in [5, 5.41) is 0. The quantitative estimate of drug-likeness (QED) is 0.779. The van der Waals surface area contributed by atoms with Crippen molar-refractivity contribution in [2.24, 2.45) is 0 Å². The minimum absolute atomic E-state index is 0.353. The molecule has 0 saturated heterocycles. The van der Waals surface area contributed by atoms with E-state index in [0.717, 1.165) is 11.3 Å². The molecule has 0 N–H and O–H groups in total. The number of hydrogen-bond acceptors (Lipinski definition) is 3. The fourth-order valence-corrected chi connectivity index (χ4v) is 1.71. The maximum absolute atomic E-state index is 12.2. The number of carbonyl (C=O) groups is 1. The van der Waals surface area contributed by atoms with Crippen molar-refractivity contribution in [1.29, 1.82) is 0 Å². The van der Waals surface area contributed by atoms with Crippen LogP contribution in [0.3, 0.4) is 0 Å². The molecule has 4 heteroatoms. The van der Waals surface area contributed by atoms with Gasteiger partial charge in [-0.2, -0.15) is 0 Å². The van der Waals surface area contributed by atoms with E-state index in [-0.39, 0.29) is 6.09 Å². The van der Waals surface area contributed by atoms with Gasteiger partial charge in [-0.05, 0) is 38.5 Å². The molecule has 1 aromatic carbocycles.